The predicted molar refractivity (Wildman–Crippen MR) is 134 cm³/mol. The highest BCUT2D eigenvalue weighted by Crippen LogP contribution is 2.33. The average Bonchev–Trinajstić information content (AvgIpc) is 2.94. The molecule has 3 aromatic carbocycles. The molecule has 9 nitrogen and oxygen atoms in total. The number of carbonyl (C=O) groups is 2. The Hall–Kier alpha value is -5.06. The molecule has 0 radical (unpaired) electrons. The monoisotopic (exact) mass is 542 g/mol. The van der Waals surface area contributed by atoms with Crippen molar-refractivity contribution in [2.75, 3.05) is 20.4 Å². The van der Waals surface area contributed by atoms with Gasteiger partial charge in [-0.1, -0.05) is 13.2 Å². The first-order chi connectivity index (χ1) is 18.9. The first-order valence-electron chi connectivity index (χ1n) is 11.3. The lowest BCUT2D eigenvalue weighted by molar-refractivity contribution is -0.144. The summed E-state index contributed by atoms with van der Waals surface area (Å²) in [6, 6.07) is 15.8. The number of esters is 2. The normalized spacial score (nSPS) is 10.2. The molecule has 11 heteroatoms. The molecule has 0 N–H and O–H groups in total. The molecule has 0 bridgehead atoms. The Labute approximate surface area is 222 Å². The highest BCUT2D eigenvalue weighted by molar-refractivity contribution is 5.91. The third kappa shape index (κ3) is 9.08. The van der Waals surface area contributed by atoms with Crippen molar-refractivity contribution in [3.63, 3.8) is 0 Å². The first kappa shape index (κ1) is 28.5. The Morgan fingerprint density at radius 3 is 1.90 bits per heavy atom. The molecule has 0 spiro atoms. The fourth-order valence-electron chi connectivity index (χ4n) is 2.90. The Morgan fingerprint density at radius 2 is 1.31 bits per heavy atom. The molecule has 0 atom stereocenters. The van der Waals surface area contributed by atoms with Crippen LogP contribution in [0.4, 0.5) is 8.78 Å². The van der Waals surface area contributed by atoms with Crippen molar-refractivity contribution in [2.45, 2.75) is 6.43 Å². The van der Waals surface area contributed by atoms with Crippen LogP contribution in [0, 0.1) is 0 Å². The van der Waals surface area contributed by atoms with Crippen molar-refractivity contribution in [3.05, 3.63) is 103 Å². The van der Waals surface area contributed by atoms with Crippen LogP contribution in [0.1, 0.15) is 22.3 Å². The van der Waals surface area contributed by atoms with Crippen molar-refractivity contribution in [2.24, 2.45) is 0 Å². The molecular formula is C28H24F2O9. The summed E-state index contributed by atoms with van der Waals surface area (Å²) in [4.78, 5) is 23.5. The molecule has 0 amide bonds. The van der Waals surface area contributed by atoms with Gasteiger partial charge < -0.3 is 33.2 Å². The van der Waals surface area contributed by atoms with Crippen molar-refractivity contribution >= 4 is 11.9 Å². The molecule has 0 aliphatic rings. The van der Waals surface area contributed by atoms with Gasteiger partial charge in [0, 0.05) is 6.08 Å². The van der Waals surface area contributed by atoms with Crippen LogP contribution in [-0.4, -0.2) is 32.3 Å². The van der Waals surface area contributed by atoms with Crippen molar-refractivity contribution < 1.29 is 51.5 Å². The Kier molecular flexibility index (Phi) is 10.7. The third-order valence-corrected chi connectivity index (χ3v) is 4.79. The summed E-state index contributed by atoms with van der Waals surface area (Å²) in [5.74, 6) is -0.373. The van der Waals surface area contributed by atoms with E-state index < -0.39 is 23.9 Å². The van der Waals surface area contributed by atoms with E-state index in [0.29, 0.717) is 17.2 Å². The second kappa shape index (κ2) is 14.6. The first-order valence-corrected chi connectivity index (χ1v) is 11.3. The largest absolute Gasteiger partial charge is 0.466 e. The van der Waals surface area contributed by atoms with Crippen LogP contribution in [-0.2, 0) is 14.3 Å². The minimum atomic E-state index is -2.90. The number of hydrogen-bond donors (Lipinski definition) is 0. The Bertz CT molecular complexity index is 1260. The maximum atomic E-state index is 13.7. The van der Waals surface area contributed by atoms with Gasteiger partial charge in [0.2, 0.25) is 20.4 Å². The highest BCUT2D eigenvalue weighted by Gasteiger charge is 2.18. The van der Waals surface area contributed by atoms with Crippen LogP contribution in [0.25, 0.3) is 0 Å². The summed E-state index contributed by atoms with van der Waals surface area (Å²) in [6.45, 7) is 5.99. The summed E-state index contributed by atoms with van der Waals surface area (Å²) >= 11 is 0. The van der Waals surface area contributed by atoms with E-state index in [1.807, 2.05) is 0 Å². The molecule has 0 fully saturated rings. The van der Waals surface area contributed by atoms with E-state index in [1.165, 1.54) is 42.7 Å². The zero-order valence-corrected chi connectivity index (χ0v) is 20.5. The van der Waals surface area contributed by atoms with Crippen LogP contribution < -0.4 is 23.7 Å². The second-order valence-electron chi connectivity index (χ2n) is 7.32. The van der Waals surface area contributed by atoms with Crippen LogP contribution in [0.2, 0.25) is 0 Å². The molecule has 3 aromatic rings. The number of rotatable bonds is 15. The molecule has 0 heterocycles. The maximum Gasteiger partial charge on any atom is 0.343 e. The summed E-state index contributed by atoms with van der Waals surface area (Å²) < 4.78 is 63.4. The van der Waals surface area contributed by atoms with Crippen LogP contribution in [0.5, 0.6) is 28.7 Å². The Balaban J connectivity index is 1.54. The fraction of sp³-hybridized carbons (Fsp3) is 0.143. The van der Waals surface area contributed by atoms with E-state index in [4.69, 9.17) is 33.2 Å². The lowest BCUT2D eigenvalue weighted by Gasteiger charge is -2.14. The predicted octanol–water partition coefficient (Wildman–Crippen LogP) is 5.82. The van der Waals surface area contributed by atoms with Crippen LogP contribution in [0.3, 0.4) is 0 Å². The summed E-state index contributed by atoms with van der Waals surface area (Å²) in [5, 5.41) is 0. The van der Waals surface area contributed by atoms with Gasteiger partial charge in [-0.2, -0.15) is 0 Å². The smallest absolute Gasteiger partial charge is 0.343 e. The van der Waals surface area contributed by atoms with E-state index in [1.54, 1.807) is 24.3 Å². The second-order valence-corrected chi connectivity index (χ2v) is 7.32. The van der Waals surface area contributed by atoms with Gasteiger partial charge in [0.1, 0.15) is 28.7 Å². The van der Waals surface area contributed by atoms with Crippen LogP contribution in [0.15, 0.2) is 92.2 Å². The number of hydrogen-bond acceptors (Lipinski definition) is 9. The zero-order valence-electron chi connectivity index (χ0n) is 20.5. The molecule has 204 valence electrons. The van der Waals surface area contributed by atoms with Gasteiger partial charge in [-0.05, 0) is 66.7 Å². The molecule has 3 rings (SSSR count). The zero-order chi connectivity index (χ0) is 28.0. The minimum absolute atomic E-state index is 0.00631. The van der Waals surface area contributed by atoms with E-state index in [-0.39, 0.29) is 37.4 Å². The standard InChI is InChI=1S/C28H24F2O9/c1-3-26(31)38-18-36-20-7-5-19(6-8-20)28(32)39-23-13-14-25(24(15-23)27(29)30)37-17-35-22-11-9-21(10-12-22)34-16-33-4-2/h3-15,27H,1-2,16-18H2. The van der Waals surface area contributed by atoms with Crippen molar-refractivity contribution in [3.8, 4) is 28.7 Å². The molecule has 0 aliphatic heterocycles. The summed E-state index contributed by atoms with van der Waals surface area (Å²) in [6.07, 6.45) is -0.655. The van der Waals surface area contributed by atoms with Crippen molar-refractivity contribution in [1.29, 1.82) is 0 Å². The van der Waals surface area contributed by atoms with E-state index >= 15 is 0 Å². The van der Waals surface area contributed by atoms with Gasteiger partial charge in [0.15, 0.2) is 0 Å². The molecule has 0 saturated heterocycles. The van der Waals surface area contributed by atoms with Gasteiger partial charge in [-0.3, -0.25) is 0 Å². The summed E-state index contributed by atoms with van der Waals surface area (Å²) in [7, 11) is 0. The van der Waals surface area contributed by atoms with E-state index in [9.17, 15) is 18.4 Å². The molecule has 0 aliphatic carbocycles. The van der Waals surface area contributed by atoms with Gasteiger partial charge >= 0.3 is 11.9 Å². The molecule has 0 saturated carbocycles. The van der Waals surface area contributed by atoms with Gasteiger partial charge in [-0.15, -0.1) is 0 Å². The SMILES string of the molecule is C=COCOc1ccc(OCOc2ccc(OC(=O)c3ccc(OCOC(=O)C=C)cc3)cc2C(F)F)cc1. The topological polar surface area (TPSA) is 98.8 Å². The average molecular weight is 542 g/mol. The van der Waals surface area contributed by atoms with Gasteiger partial charge in [0.25, 0.3) is 6.43 Å². The van der Waals surface area contributed by atoms with Crippen molar-refractivity contribution in [1.82, 2.24) is 0 Å². The van der Waals surface area contributed by atoms with E-state index in [0.717, 1.165) is 12.1 Å². The Morgan fingerprint density at radius 1 is 0.744 bits per heavy atom. The number of ether oxygens (including phenoxy) is 7. The number of alkyl halides is 2. The molecular weight excluding hydrogens is 518 g/mol. The summed E-state index contributed by atoms with van der Waals surface area (Å²) in [5.41, 5.74) is -0.338. The van der Waals surface area contributed by atoms with E-state index in [2.05, 4.69) is 13.2 Å². The maximum absolute atomic E-state index is 13.7. The highest BCUT2D eigenvalue weighted by atomic mass is 19.3. The molecule has 39 heavy (non-hydrogen) atoms. The minimum Gasteiger partial charge on any atom is -0.466 e. The lowest BCUT2D eigenvalue weighted by atomic mass is 10.2. The van der Waals surface area contributed by atoms with Gasteiger partial charge in [-0.25, -0.2) is 18.4 Å². The number of benzene rings is 3. The number of carbonyl (C=O) groups excluding carboxylic acids is 2. The van der Waals surface area contributed by atoms with Crippen LogP contribution >= 0.6 is 0 Å². The third-order valence-electron chi connectivity index (χ3n) is 4.79. The molecule has 0 aromatic heterocycles. The number of halogens is 2. The lowest BCUT2D eigenvalue weighted by Crippen LogP contribution is -2.10. The molecule has 0 unspecified atom stereocenters. The quantitative estimate of drug-likeness (QED) is 0.0587. The van der Waals surface area contributed by atoms with Gasteiger partial charge in [0.05, 0.1) is 17.4 Å². The fourth-order valence-corrected chi connectivity index (χ4v) is 2.90.